The molecular weight excluding hydrogens is 193 g/mol. The lowest BCUT2D eigenvalue weighted by Crippen LogP contribution is -2.43. The fourth-order valence-electron chi connectivity index (χ4n) is 1.54. The molecule has 0 radical (unpaired) electrons. The molecule has 0 heterocycles. The summed E-state index contributed by atoms with van der Waals surface area (Å²) in [5, 5.41) is 0. The van der Waals surface area contributed by atoms with Crippen LogP contribution in [0.5, 0.6) is 0 Å². The molecule has 15 heavy (non-hydrogen) atoms. The number of ketones is 1. The number of carbonyl (C=O) groups is 1. The molecule has 0 spiro atoms. The third kappa shape index (κ3) is 1.62. The van der Waals surface area contributed by atoms with Crippen molar-refractivity contribution in [3.05, 3.63) is 60.0 Å². The molecule has 3 heteroatoms. The molecule has 2 N–H and O–H groups in total. The zero-order valence-electron chi connectivity index (χ0n) is 7.98. The first-order valence-corrected chi connectivity index (χ1v) is 4.58. The molecule has 76 valence electrons. The van der Waals surface area contributed by atoms with Crippen molar-refractivity contribution in [3.63, 3.8) is 0 Å². The van der Waals surface area contributed by atoms with Crippen LogP contribution in [-0.4, -0.2) is 5.78 Å². The van der Waals surface area contributed by atoms with Gasteiger partial charge in [0.05, 0.1) is 0 Å². The molecule has 0 saturated carbocycles. The lowest BCUT2D eigenvalue weighted by molar-refractivity contribution is -0.118. The van der Waals surface area contributed by atoms with Gasteiger partial charge in [0.25, 0.3) is 0 Å². The van der Waals surface area contributed by atoms with E-state index in [1.165, 1.54) is 12.2 Å². The summed E-state index contributed by atoms with van der Waals surface area (Å²) in [5.41, 5.74) is 5.38. The van der Waals surface area contributed by atoms with E-state index >= 15 is 0 Å². The van der Waals surface area contributed by atoms with Gasteiger partial charge in [0.2, 0.25) is 0 Å². The molecule has 1 aromatic rings. The molecule has 1 aromatic carbocycles. The Balaban J connectivity index is 2.46. The van der Waals surface area contributed by atoms with E-state index in [0.29, 0.717) is 5.56 Å². The first-order chi connectivity index (χ1) is 7.13. The Morgan fingerprint density at radius 1 is 1.20 bits per heavy atom. The summed E-state index contributed by atoms with van der Waals surface area (Å²) in [6.45, 7) is 0. The molecule has 0 unspecified atom stereocenters. The SMILES string of the molecule is N[C@]1(c2ccccc2)C=CC(F)=CC1=O. The molecule has 1 aliphatic rings. The summed E-state index contributed by atoms with van der Waals surface area (Å²) in [5.74, 6) is -0.995. The van der Waals surface area contributed by atoms with E-state index < -0.39 is 17.1 Å². The molecule has 0 amide bonds. The second kappa shape index (κ2) is 3.44. The summed E-state index contributed by atoms with van der Waals surface area (Å²) in [4.78, 5) is 11.6. The molecule has 1 aliphatic carbocycles. The molecule has 2 rings (SSSR count). The van der Waals surface area contributed by atoms with Crippen molar-refractivity contribution in [2.24, 2.45) is 5.73 Å². The minimum absolute atomic E-state index is 0.436. The van der Waals surface area contributed by atoms with Gasteiger partial charge in [-0.3, -0.25) is 4.79 Å². The zero-order chi connectivity index (χ0) is 10.9. The van der Waals surface area contributed by atoms with Crippen molar-refractivity contribution >= 4 is 5.78 Å². The van der Waals surface area contributed by atoms with E-state index in [-0.39, 0.29) is 0 Å². The first kappa shape index (κ1) is 9.80. The van der Waals surface area contributed by atoms with Gasteiger partial charge >= 0.3 is 0 Å². The summed E-state index contributed by atoms with van der Waals surface area (Å²) >= 11 is 0. The lowest BCUT2D eigenvalue weighted by Gasteiger charge is -2.25. The monoisotopic (exact) mass is 203 g/mol. The van der Waals surface area contributed by atoms with Gasteiger partial charge in [0.1, 0.15) is 11.4 Å². The van der Waals surface area contributed by atoms with E-state index in [9.17, 15) is 9.18 Å². The van der Waals surface area contributed by atoms with Crippen LogP contribution >= 0.6 is 0 Å². The number of benzene rings is 1. The normalized spacial score (nSPS) is 25.2. The lowest BCUT2D eigenvalue weighted by atomic mass is 9.84. The maximum atomic E-state index is 12.8. The topological polar surface area (TPSA) is 43.1 Å². The summed E-state index contributed by atoms with van der Waals surface area (Å²) in [6.07, 6.45) is 3.53. The molecule has 0 saturated heterocycles. The van der Waals surface area contributed by atoms with Crippen molar-refractivity contribution in [2.45, 2.75) is 5.54 Å². The Morgan fingerprint density at radius 3 is 2.47 bits per heavy atom. The number of hydrogen-bond acceptors (Lipinski definition) is 2. The van der Waals surface area contributed by atoms with E-state index in [1.54, 1.807) is 24.3 Å². The molecule has 0 aliphatic heterocycles. The fraction of sp³-hybridized carbons (Fsp3) is 0.0833. The van der Waals surface area contributed by atoms with Crippen LogP contribution in [0, 0.1) is 0 Å². The Morgan fingerprint density at radius 2 is 1.87 bits per heavy atom. The predicted molar refractivity (Wildman–Crippen MR) is 55.6 cm³/mol. The number of carbonyl (C=O) groups excluding carboxylic acids is 1. The first-order valence-electron chi connectivity index (χ1n) is 4.58. The van der Waals surface area contributed by atoms with Gasteiger partial charge in [-0.25, -0.2) is 4.39 Å². The van der Waals surface area contributed by atoms with E-state index in [4.69, 9.17) is 5.73 Å². The molecule has 0 fully saturated rings. The number of rotatable bonds is 1. The van der Waals surface area contributed by atoms with Crippen molar-refractivity contribution in [3.8, 4) is 0 Å². The standard InChI is InChI=1S/C12H10FNO/c13-10-6-7-12(14,11(15)8-10)9-4-2-1-3-5-9/h1-8H,14H2/t12-/m0/s1. The van der Waals surface area contributed by atoms with Crippen LogP contribution < -0.4 is 5.73 Å². The quantitative estimate of drug-likeness (QED) is 0.756. The van der Waals surface area contributed by atoms with E-state index in [2.05, 4.69) is 0 Å². The smallest absolute Gasteiger partial charge is 0.186 e. The number of halogens is 1. The Kier molecular flexibility index (Phi) is 2.25. The molecule has 0 bridgehead atoms. The van der Waals surface area contributed by atoms with Gasteiger partial charge in [0, 0.05) is 6.08 Å². The highest BCUT2D eigenvalue weighted by Gasteiger charge is 2.33. The number of hydrogen-bond donors (Lipinski definition) is 1. The van der Waals surface area contributed by atoms with Gasteiger partial charge in [-0.05, 0) is 17.7 Å². The molecular formula is C12H10FNO. The summed E-state index contributed by atoms with van der Waals surface area (Å²) in [6, 6.07) is 8.92. The van der Waals surface area contributed by atoms with Crippen LogP contribution in [0.15, 0.2) is 54.4 Å². The third-order valence-electron chi connectivity index (χ3n) is 2.43. The van der Waals surface area contributed by atoms with Gasteiger partial charge in [-0.15, -0.1) is 0 Å². The maximum Gasteiger partial charge on any atom is 0.186 e. The summed E-state index contributed by atoms with van der Waals surface area (Å²) in [7, 11) is 0. The van der Waals surface area contributed by atoms with Crippen LogP contribution in [0.3, 0.4) is 0 Å². The Labute approximate surface area is 86.9 Å². The van der Waals surface area contributed by atoms with E-state index in [0.717, 1.165) is 6.08 Å². The highest BCUT2D eigenvalue weighted by molar-refractivity contribution is 6.01. The van der Waals surface area contributed by atoms with Crippen molar-refractivity contribution in [1.82, 2.24) is 0 Å². The summed E-state index contributed by atoms with van der Waals surface area (Å²) < 4.78 is 12.8. The Bertz CT molecular complexity index is 450. The average Bonchev–Trinajstić information content (AvgIpc) is 2.25. The largest absolute Gasteiger partial charge is 0.312 e. The van der Waals surface area contributed by atoms with E-state index in [1.807, 2.05) is 6.07 Å². The molecule has 1 atom stereocenters. The van der Waals surface area contributed by atoms with Gasteiger partial charge in [-0.1, -0.05) is 30.3 Å². The van der Waals surface area contributed by atoms with Crippen molar-refractivity contribution < 1.29 is 9.18 Å². The van der Waals surface area contributed by atoms with Crippen LogP contribution in [-0.2, 0) is 10.3 Å². The highest BCUT2D eigenvalue weighted by atomic mass is 19.1. The van der Waals surface area contributed by atoms with Gasteiger partial charge < -0.3 is 5.73 Å². The minimum atomic E-state index is -1.23. The van der Waals surface area contributed by atoms with Crippen molar-refractivity contribution in [1.29, 1.82) is 0 Å². The van der Waals surface area contributed by atoms with Crippen LogP contribution in [0.2, 0.25) is 0 Å². The van der Waals surface area contributed by atoms with Gasteiger partial charge in [-0.2, -0.15) is 0 Å². The van der Waals surface area contributed by atoms with Crippen LogP contribution in [0.4, 0.5) is 4.39 Å². The van der Waals surface area contributed by atoms with Crippen LogP contribution in [0.25, 0.3) is 0 Å². The minimum Gasteiger partial charge on any atom is -0.312 e. The second-order valence-corrected chi connectivity index (χ2v) is 3.46. The van der Waals surface area contributed by atoms with Crippen molar-refractivity contribution in [2.75, 3.05) is 0 Å². The third-order valence-corrected chi connectivity index (χ3v) is 2.43. The fourth-order valence-corrected chi connectivity index (χ4v) is 1.54. The maximum absolute atomic E-state index is 12.8. The molecule has 0 aromatic heterocycles. The second-order valence-electron chi connectivity index (χ2n) is 3.46. The van der Waals surface area contributed by atoms with Crippen LogP contribution in [0.1, 0.15) is 5.56 Å². The average molecular weight is 203 g/mol. The Hall–Kier alpha value is -1.74. The van der Waals surface area contributed by atoms with Gasteiger partial charge in [0.15, 0.2) is 5.78 Å². The predicted octanol–water partition coefficient (Wildman–Crippen LogP) is 1.83. The highest BCUT2D eigenvalue weighted by Crippen LogP contribution is 2.26. The number of allylic oxidation sites excluding steroid dienone is 2. The molecule has 2 nitrogen and oxygen atoms in total. The zero-order valence-corrected chi connectivity index (χ0v) is 7.98. The number of nitrogens with two attached hydrogens (primary N) is 1.